The number of hydrogen-bond acceptors (Lipinski definition) is 3. The molecule has 0 aromatic rings. The molecule has 5 nitrogen and oxygen atoms in total. The van der Waals surface area contributed by atoms with Crippen molar-refractivity contribution in [3.63, 3.8) is 0 Å². The van der Waals surface area contributed by atoms with Gasteiger partial charge in [-0.1, -0.05) is 20.4 Å². The van der Waals surface area contributed by atoms with Gasteiger partial charge in [-0.2, -0.15) is 0 Å². The molecule has 0 spiro atoms. The van der Waals surface area contributed by atoms with E-state index in [0.717, 1.165) is 0 Å². The molecular weight excluding hydrogens is 256 g/mol. The molecule has 0 radical (unpaired) electrons. The van der Waals surface area contributed by atoms with Crippen LogP contribution >= 0.6 is 0 Å². The first kappa shape index (κ1) is 16.5. The van der Waals surface area contributed by atoms with E-state index in [1.807, 2.05) is 34.6 Å². The number of hydrogen-bond donors (Lipinski definition) is 0. The van der Waals surface area contributed by atoms with Crippen molar-refractivity contribution in [1.82, 2.24) is 9.80 Å². The first-order chi connectivity index (χ1) is 9.03. The van der Waals surface area contributed by atoms with Crippen LogP contribution < -0.4 is 0 Å². The third kappa shape index (κ3) is 3.99. The van der Waals surface area contributed by atoms with Crippen molar-refractivity contribution < 1.29 is 14.3 Å². The zero-order chi connectivity index (χ0) is 15.7. The van der Waals surface area contributed by atoms with Crippen LogP contribution in [0.25, 0.3) is 0 Å². The van der Waals surface area contributed by atoms with Gasteiger partial charge in [0.25, 0.3) is 0 Å². The Morgan fingerprint density at radius 2 is 2.00 bits per heavy atom. The molecule has 1 aliphatic heterocycles. The second-order valence-electron chi connectivity index (χ2n) is 6.76. The smallest absolute Gasteiger partial charge is 0.415 e. The van der Waals surface area contributed by atoms with Crippen LogP contribution in [0.4, 0.5) is 4.79 Å². The largest absolute Gasteiger partial charge is 0.443 e. The molecule has 2 amide bonds. The van der Waals surface area contributed by atoms with Gasteiger partial charge in [0, 0.05) is 12.7 Å². The first-order valence-corrected chi connectivity index (χ1v) is 6.98. The van der Waals surface area contributed by atoms with E-state index in [-0.39, 0.29) is 5.91 Å². The van der Waals surface area contributed by atoms with Gasteiger partial charge in [0.2, 0.25) is 5.91 Å². The monoisotopic (exact) mass is 282 g/mol. The van der Waals surface area contributed by atoms with Gasteiger partial charge < -0.3 is 9.64 Å². The number of piperazine rings is 1. The van der Waals surface area contributed by atoms with Crippen LogP contribution in [0.5, 0.6) is 0 Å². The van der Waals surface area contributed by atoms with Crippen LogP contribution in [0.1, 0.15) is 41.0 Å². The van der Waals surface area contributed by atoms with Crippen molar-refractivity contribution in [2.45, 2.75) is 52.7 Å². The van der Waals surface area contributed by atoms with Crippen molar-refractivity contribution in [2.24, 2.45) is 5.92 Å². The van der Waals surface area contributed by atoms with E-state index in [4.69, 9.17) is 4.74 Å². The Balaban J connectivity index is 3.00. The van der Waals surface area contributed by atoms with E-state index >= 15 is 0 Å². The Hall–Kier alpha value is -1.52. The summed E-state index contributed by atoms with van der Waals surface area (Å²) in [4.78, 5) is 27.7. The molecule has 0 N–H and O–H groups in total. The molecule has 1 aliphatic rings. The normalized spacial score (nSPS) is 20.6. The number of rotatable bonds is 2. The molecule has 0 aromatic carbocycles. The molecule has 5 heteroatoms. The molecular formula is C15H26N2O3. The van der Waals surface area contributed by atoms with E-state index in [0.29, 0.717) is 24.6 Å². The highest BCUT2D eigenvalue weighted by Crippen LogP contribution is 2.25. The number of nitrogens with zero attached hydrogens (tertiary/aromatic N) is 2. The van der Waals surface area contributed by atoms with Crippen LogP contribution in [0.3, 0.4) is 0 Å². The topological polar surface area (TPSA) is 49.9 Å². The number of carbonyl (C=O) groups is 2. The van der Waals surface area contributed by atoms with Crippen molar-refractivity contribution in [2.75, 3.05) is 13.6 Å². The van der Waals surface area contributed by atoms with Gasteiger partial charge in [0.15, 0.2) is 0 Å². The second kappa shape index (κ2) is 5.85. The molecule has 0 bridgehead atoms. The summed E-state index contributed by atoms with van der Waals surface area (Å²) in [5.74, 6) is 0.241. The zero-order valence-electron chi connectivity index (χ0n) is 13.4. The van der Waals surface area contributed by atoms with Gasteiger partial charge in [0.05, 0.1) is 6.54 Å². The zero-order valence-corrected chi connectivity index (χ0v) is 13.4. The average Bonchev–Trinajstić information content (AvgIpc) is 2.22. The van der Waals surface area contributed by atoms with Crippen LogP contribution in [-0.2, 0) is 9.53 Å². The maximum absolute atomic E-state index is 12.3. The lowest BCUT2D eigenvalue weighted by Crippen LogP contribution is -2.57. The molecule has 1 atom stereocenters. The van der Waals surface area contributed by atoms with Gasteiger partial charge in [-0.05, 0) is 33.1 Å². The summed E-state index contributed by atoms with van der Waals surface area (Å²) in [6.07, 6.45) is 0.108. The van der Waals surface area contributed by atoms with Crippen LogP contribution in [0.15, 0.2) is 12.3 Å². The Labute approximate surface area is 121 Å². The molecule has 0 unspecified atom stereocenters. The summed E-state index contributed by atoms with van der Waals surface area (Å²) in [6, 6.07) is -0.518. The number of ether oxygens (including phenoxy) is 1. The Morgan fingerprint density at radius 1 is 1.45 bits per heavy atom. The third-order valence-electron chi connectivity index (χ3n) is 3.02. The van der Waals surface area contributed by atoms with Crippen molar-refractivity contribution in [3.8, 4) is 0 Å². The van der Waals surface area contributed by atoms with Crippen molar-refractivity contribution in [1.29, 1.82) is 0 Å². The minimum absolute atomic E-state index is 0.0584. The van der Waals surface area contributed by atoms with Crippen LogP contribution in [0, 0.1) is 5.92 Å². The predicted molar refractivity (Wildman–Crippen MR) is 78.1 cm³/mol. The highest BCUT2D eigenvalue weighted by molar-refractivity contribution is 5.88. The standard InChI is InChI=1S/C15H26N2O3/c1-10(2)8-12-13(18)16(7)9-11(3)17(12)14(19)20-15(4,5)6/h10,12H,3,8-9H2,1-2,4-7H3/t12-/m0/s1. The Kier molecular flexibility index (Phi) is 4.84. The lowest BCUT2D eigenvalue weighted by atomic mass is 9.99. The Bertz CT molecular complexity index is 410. The summed E-state index contributed by atoms with van der Waals surface area (Å²) in [7, 11) is 1.73. The van der Waals surface area contributed by atoms with Crippen LogP contribution in [0.2, 0.25) is 0 Å². The van der Waals surface area contributed by atoms with Gasteiger partial charge in [-0.15, -0.1) is 0 Å². The number of likely N-dealkylation sites (N-methyl/N-ethyl adjacent to an activating group) is 1. The van der Waals surface area contributed by atoms with E-state index < -0.39 is 17.7 Å². The fourth-order valence-electron chi connectivity index (χ4n) is 2.23. The van der Waals surface area contributed by atoms with Crippen LogP contribution in [-0.4, -0.2) is 47.0 Å². The second-order valence-corrected chi connectivity index (χ2v) is 6.76. The molecule has 114 valence electrons. The summed E-state index contributed by atoms with van der Waals surface area (Å²) in [6.45, 7) is 13.8. The van der Waals surface area contributed by atoms with Gasteiger partial charge in [0.1, 0.15) is 11.6 Å². The van der Waals surface area contributed by atoms with E-state index in [1.165, 1.54) is 4.90 Å². The lowest BCUT2D eigenvalue weighted by Gasteiger charge is -2.41. The van der Waals surface area contributed by atoms with Gasteiger partial charge >= 0.3 is 6.09 Å². The maximum Gasteiger partial charge on any atom is 0.415 e. The summed E-state index contributed by atoms with van der Waals surface area (Å²) in [5, 5.41) is 0. The molecule has 1 saturated heterocycles. The van der Waals surface area contributed by atoms with Gasteiger partial charge in [-0.3, -0.25) is 9.69 Å². The minimum atomic E-state index is -0.591. The minimum Gasteiger partial charge on any atom is -0.443 e. The first-order valence-electron chi connectivity index (χ1n) is 6.98. The van der Waals surface area contributed by atoms with E-state index in [9.17, 15) is 9.59 Å². The molecule has 1 fully saturated rings. The molecule has 0 aromatic heterocycles. The van der Waals surface area contributed by atoms with Crippen molar-refractivity contribution in [3.05, 3.63) is 12.3 Å². The van der Waals surface area contributed by atoms with E-state index in [2.05, 4.69) is 6.58 Å². The molecule has 1 heterocycles. The SMILES string of the molecule is C=C1CN(C)C(=O)[C@H](CC(C)C)N1C(=O)OC(C)(C)C. The highest BCUT2D eigenvalue weighted by atomic mass is 16.6. The average molecular weight is 282 g/mol. The quantitative estimate of drug-likeness (QED) is 0.782. The maximum atomic E-state index is 12.3. The molecule has 1 rings (SSSR count). The highest BCUT2D eigenvalue weighted by Gasteiger charge is 2.40. The molecule has 0 saturated carbocycles. The van der Waals surface area contributed by atoms with E-state index in [1.54, 1.807) is 11.9 Å². The fourth-order valence-corrected chi connectivity index (χ4v) is 2.23. The number of amides is 2. The van der Waals surface area contributed by atoms with Crippen molar-refractivity contribution >= 4 is 12.0 Å². The summed E-state index contributed by atoms with van der Waals surface area (Å²) >= 11 is 0. The van der Waals surface area contributed by atoms with Gasteiger partial charge in [-0.25, -0.2) is 4.79 Å². The predicted octanol–water partition coefficient (Wildman–Crippen LogP) is 2.62. The number of carbonyl (C=O) groups excluding carboxylic acids is 2. The molecule has 0 aliphatic carbocycles. The Morgan fingerprint density at radius 3 is 2.45 bits per heavy atom. The summed E-state index contributed by atoms with van der Waals surface area (Å²) < 4.78 is 5.40. The third-order valence-corrected chi connectivity index (χ3v) is 3.02. The molecule has 20 heavy (non-hydrogen) atoms. The lowest BCUT2D eigenvalue weighted by molar-refractivity contribution is -0.138. The fraction of sp³-hybridized carbons (Fsp3) is 0.733. The summed E-state index contributed by atoms with van der Waals surface area (Å²) in [5.41, 5.74) is 0.0126.